The Morgan fingerprint density at radius 3 is 2.92 bits per heavy atom. The highest BCUT2D eigenvalue weighted by atomic mass is 32.2. The number of carbonyl (C=O) groups is 1. The summed E-state index contributed by atoms with van der Waals surface area (Å²) >= 11 is 2.70. The number of hydrogen-bond acceptors (Lipinski definition) is 5. The van der Waals surface area contributed by atoms with Crippen LogP contribution < -0.4 is 10.9 Å². The molecule has 1 aromatic carbocycles. The number of carbonyl (C=O) groups excluding carboxylic acids is 1. The third-order valence-corrected chi connectivity index (χ3v) is 5.57. The number of thiophene rings is 1. The van der Waals surface area contributed by atoms with Crippen LogP contribution in [0, 0.1) is 6.92 Å². The van der Waals surface area contributed by atoms with Gasteiger partial charge in [-0.15, -0.1) is 11.3 Å². The van der Waals surface area contributed by atoms with Crippen molar-refractivity contribution in [2.24, 2.45) is 7.05 Å². The number of rotatable bonds is 5. The van der Waals surface area contributed by atoms with E-state index in [-0.39, 0.29) is 17.2 Å². The van der Waals surface area contributed by atoms with Gasteiger partial charge >= 0.3 is 0 Å². The summed E-state index contributed by atoms with van der Waals surface area (Å²) in [7, 11) is 1.68. The van der Waals surface area contributed by atoms with Crippen LogP contribution in [0.3, 0.4) is 0 Å². The lowest BCUT2D eigenvalue weighted by Gasteiger charge is -2.09. The molecule has 124 valence electrons. The summed E-state index contributed by atoms with van der Waals surface area (Å²) in [6.45, 7) is 2.52. The van der Waals surface area contributed by atoms with Crippen molar-refractivity contribution in [3.63, 3.8) is 0 Å². The Hall–Kier alpha value is -2.12. The number of hydrogen-bond donors (Lipinski definition) is 1. The van der Waals surface area contributed by atoms with Gasteiger partial charge in [-0.3, -0.25) is 14.2 Å². The van der Waals surface area contributed by atoms with Gasteiger partial charge in [0.15, 0.2) is 5.16 Å². The Balaban J connectivity index is 1.63. The number of aromatic nitrogens is 2. The summed E-state index contributed by atoms with van der Waals surface area (Å²) in [4.78, 5) is 29.5. The molecule has 24 heavy (non-hydrogen) atoms. The van der Waals surface area contributed by atoms with Gasteiger partial charge in [0, 0.05) is 13.6 Å². The van der Waals surface area contributed by atoms with Gasteiger partial charge in [0.1, 0.15) is 4.83 Å². The molecule has 0 bridgehead atoms. The summed E-state index contributed by atoms with van der Waals surface area (Å²) in [5.74, 6) is 0.145. The van der Waals surface area contributed by atoms with Crippen molar-refractivity contribution in [2.45, 2.75) is 18.6 Å². The second kappa shape index (κ2) is 7.19. The average molecular weight is 359 g/mol. The minimum absolute atomic E-state index is 0.0796. The molecule has 1 N–H and O–H groups in total. The second-order valence-electron chi connectivity index (χ2n) is 5.39. The smallest absolute Gasteiger partial charge is 0.262 e. The van der Waals surface area contributed by atoms with E-state index in [1.54, 1.807) is 13.1 Å². The van der Waals surface area contributed by atoms with E-state index in [1.807, 2.05) is 36.6 Å². The molecule has 0 aliphatic rings. The molecule has 0 aliphatic carbocycles. The molecule has 3 aromatic rings. The first-order chi connectivity index (χ1) is 11.6. The third-order valence-electron chi connectivity index (χ3n) is 3.73. The Morgan fingerprint density at radius 2 is 2.12 bits per heavy atom. The molecule has 1 amide bonds. The van der Waals surface area contributed by atoms with Crippen molar-refractivity contribution >= 4 is 39.2 Å². The fraction of sp³-hybridized carbons (Fsp3) is 0.235. The maximum atomic E-state index is 12.2. The molecule has 0 atom stereocenters. The molecule has 0 aliphatic heterocycles. The van der Waals surface area contributed by atoms with Crippen molar-refractivity contribution in [1.29, 1.82) is 0 Å². The first kappa shape index (κ1) is 16.7. The molecule has 2 heterocycles. The quantitative estimate of drug-likeness (QED) is 0.562. The average Bonchev–Trinajstić information content (AvgIpc) is 3.04. The Bertz CT molecular complexity index is 946. The number of aryl methyl sites for hydroxylation is 1. The van der Waals surface area contributed by atoms with Crippen LogP contribution in [-0.2, 0) is 18.4 Å². The fourth-order valence-corrected chi connectivity index (χ4v) is 3.90. The van der Waals surface area contributed by atoms with Crippen molar-refractivity contribution in [3.05, 3.63) is 57.2 Å². The lowest BCUT2D eigenvalue weighted by molar-refractivity contribution is -0.118. The van der Waals surface area contributed by atoms with Gasteiger partial charge in [-0.2, -0.15) is 0 Å². The molecule has 0 radical (unpaired) electrons. The molecule has 0 fully saturated rings. The molecule has 0 spiro atoms. The van der Waals surface area contributed by atoms with E-state index in [2.05, 4.69) is 10.3 Å². The van der Waals surface area contributed by atoms with Crippen LogP contribution in [0.5, 0.6) is 0 Å². The van der Waals surface area contributed by atoms with E-state index in [1.165, 1.54) is 27.7 Å². The van der Waals surface area contributed by atoms with Crippen LogP contribution in [0.15, 0.2) is 45.7 Å². The number of benzene rings is 1. The van der Waals surface area contributed by atoms with Crippen molar-refractivity contribution in [3.8, 4) is 0 Å². The molecule has 3 rings (SSSR count). The zero-order valence-corrected chi connectivity index (χ0v) is 15.0. The SMILES string of the molecule is Cc1ccccc1CNC(=O)CSc1nc2sccc2c(=O)n1C. The zero-order chi connectivity index (χ0) is 17.1. The molecule has 0 saturated heterocycles. The van der Waals surface area contributed by atoms with E-state index in [0.29, 0.717) is 21.9 Å². The lowest BCUT2D eigenvalue weighted by Crippen LogP contribution is -2.26. The first-order valence-electron chi connectivity index (χ1n) is 7.44. The predicted molar refractivity (Wildman–Crippen MR) is 98.6 cm³/mol. The van der Waals surface area contributed by atoms with Crippen LogP contribution in [0.2, 0.25) is 0 Å². The Kier molecular flexibility index (Phi) is 5.01. The minimum Gasteiger partial charge on any atom is -0.351 e. The van der Waals surface area contributed by atoms with Gasteiger partial charge < -0.3 is 5.32 Å². The monoisotopic (exact) mass is 359 g/mol. The Morgan fingerprint density at radius 1 is 1.33 bits per heavy atom. The van der Waals surface area contributed by atoms with E-state index in [0.717, 1.165) is 11.1 Å². The van der Waals surface area contributed by atoms with E-state index in [9.17, 15) is 9.59 Å². The molecular weight excluding hydrogens is 342 g/mol. The maximum Gasteiger partial charge on any atom is 0.262 e. The number of amides is 1. The maximum absolute atomic E-state index is 12.2. The number of nitrogens with one attached hydrogen (secondary N) is 1. The topological polar surface area (TPSA) is 64.0 Å². The van der Waals surface area contributed by atoms with Crippen molar-refractivity contribution < 1.29 is 4.79 Å². The van der Waals surface area contributed by atoms with E-state index >= 15 is 0 Å². The molecule has 0 unspecified atom stereocenters. The van der Waals surface area contributed by atoms with Gasteiger partial charge in [0.05, 0.1) is 11.1 Å². The van der Waals surface area contributed by atoms with Gasteiger partial charge in [-0.25, -0.2) is 4.98 Å². The highest BCUT2D eigenvalue weighted by Gasteiger charge is 2.11. The highest BCUT2D eigenvalue weighted by molar-refractivity contribution is 7.99. The molecule has 5 nitrogen and oxygen atoms in total. The highest BCUT2D eigenvalue weighted by Crippen LogP contribution is 2.20. The summed E-state index contributed by atoms with van der Waals surface area (Å²) in [6.07, 6.45) is 0. The number of fused-ring (bicyclic) bond motifs is 1. The summed E-state index contributed by atoms with van der Waals surface area (Å²) < 4.78 is 1.49. The van der Waals surface area contributed by atoms with Crippen LogP contribution >= 0.6 is 23.1 Å². The van der Waals surface area contributed by atoms with Crippen molar-refractivity contribution in [2.75, 3.05) is 5.75 Å². The standard InChI is InChI=1S/C17H17N3O2S2/c1-11-5-3-4-6-12(11)9-18-14(21)10-24-17-19-15-13(7-8-23-15)16(22)20(17)2/h3-8H,9-10H2,1-2H3,(H,18,21). The van der Waals surface area contributed by atoms with Gasteiger partial charge in [0.25, 0.3) is 5.56 Å². The van der Waals surface area contributed by atoms with Crippen molar-refractivity contribution in [1.82, 2.24) is 14.9 Å². The van der Waals surface area contributed by atoms with Gasteiger partial charge in [-0.05, 0) is 29.5 Å². The fourth-order valence-electron chi connectivity index (χ4n) is 2.29. The van der Waals surface area contributed by atoms with Gasteiger partial charge in [-0.1, -0.05) is 36.0 Å². The van der Waals surface area contributed by atoms with Crippen LogP contribution in [-0.4, -0.2) is 21.2 Å². The first-order valence-corrected chi connectivity index (χ1v) is 9.31. The normalized spacial score (nSPS) is 10.9. The summed E-state index contributed by atoms with van der Waals surface area (Å²) in [6, 6.07) is 9.73. The van der Waals surface area contributed by atoms with Gasteiger partial charge in [0.2, 0.25) is 5.91 Å². The molecule has 7 heteroatoms. The van der Waals surface area contributed by atoms with E-state index < -0.39 is 0 Å². The second-order valence-corrected chi connectivity index (χ2v) is 7.23. The largest absolute Gasteiger partial charge is 0.351 e. The summed E-state index contributed by atoms with van der Waals surface area (Å²) in [5, 5.41) is 5.93. The number of thioether (sulfide) groups is 1. The predicted octanol–water partition coefficient (Wildman–Crippen LogP) is 2.71. The van der Waals surface area contributed by atoms with Crippen LogP contribution in [0.25, 0.3) is 10.2 Å². The molecular formula is C17H17N3O2S2. The minimum atomic E-state index is -0.0798. The number of nitrogens with zero attached hydrogens (tertiary/aromatic N) is 2. The summed E-state index contributed by atoms with van der Waals surface area (Å²) in [5.41, 5.74) is 2.17. The zero-order valence-electron chi connectivity index (χ0n) is 13.4. The molecule has 0 saturated carbocycles. The Labute approximate surface area is 147 Å². The molecule has 2 aromatic heterocycles. The van der Waals surface area contributed by atoms with E-state index in [4.69, 9.17) is 0 Å². The van der Waals surface area contributed by atoms with Crippen LogP contribution in [0.1, 0.15) is 11.1 Å². The third kappa shape index (κ3) is 3.52. The van der Waals surface area contributed by atoms with Crippen LogP contribution in [0.4, 0.5) is 0 Å². The lowest BCUT2D eigenvalue weighted by atomic mass is 10.1.